The Balaban J connectivity index is 2.30. The number of methoxy groups -OCH3 is 1. The zero-order valence-electron chi connectivity index (χ0n) is 11.1. The second kappa shape index (κ2) is 5.72. The summed E-state index contributed by atoms with van der Waals surface area (Å²) in [5.74, 6) is 0.957. The fraction of sp³-hybridized carbons (Fsp3) is 0.600. The molecule has 1 saturated carbocycles. The van der Waals surface area contributed by atoms with Crippen molar-refractivity contribution in [3.8, 4) is 0 Å². The molecular formula is C15H23NO2. The third kappa shape index (κ3) is 2.52. The molecule has 0 saturated heterocycles. The van der Waals surface area contributed by atoms with Crippen LogP contribution in [0.5, 0.6) is 0 Å². The average molecular weight is 249 g/mol. The summed E-state index contributed by atoms with van der Waals surface area (Å²) in [5, 5.41) is 11.0. The topological polar surface area (TPSA) is 55.5 Å². The zero-order chi connectivity index (χ0) is 13.0. The maximum Gasteiger partial charge on any atom is 0.118 e. The highest BCUT2D eigenvalue weighted by Crippen LogP contribution is 2.40. The Morgan fingerprint density at radius 1 is 1.50 bits per heavy atom. The van der Waals surface area contributed by atoms with Crippen molar-refractivity contribution in [3.63, 3.8) is 0 Å². The average Bonchev–Trinajstić information content (AvgIpc) is 2.65. The molecule has 1 unspecified atom stereocenters. The van der Waals surface area contributed by atoms with Gasteiger partial charge in [-0.05, 0) is 43.5 Å². The van der Waals surface area contributed by atoms with E-state index in [-0.39, 0.29) is 5.92 Å². The minimum absolute atomic E-state index is 0.157. The summed E-state index contributed by atoms with van der Waals surface area (Å²) in [6.45, 7) is 0.539. The Labute approximate surface area is 109 Å². The Morgan fingerprint density at radius 3 is 3.06 bits per heavy atom. The van der Waals surface area contributed by atoms with Crippen molar-refractivity contribution in [1.29, 1.82) is 0 Å². The van der Waals surface area contributed by atoms with Crippen LogP contribution in [-0.2, 0) is 4.74 Å². The van der Waals surface area contributed by atoms with E-state index >= 15 is 0 Å². The maximum atomic E-state index is 11.0. The highest BCUT2D eigenvalue weighted by Gasteiger charge is 2.40. The van der Waals surface area contributed by atoms with Crippen LogP contribution in [-0.4, -0.2) is 24.4 Å². The number of ether oxygens (including phenoxy) is 1. The molecule has 0 aromatic carbocycles. The van der Waals surface area contributed by atoms with E-state index in [1.54, 1.807) is 7.11 Å². The van der Waals surface area contributed by atoms with Crippen LogP contribution in [0, 0.1) is 5.92 Å². The molecular weight excluding hydrogens is 226 g/mol. The van der Waals surface area contributed by atoms with Crippen LogP contribution in [0.4, 0.5) is 0 Å². The van der Waals surface area contributed by atoms with Gasteiger partial charge in [0.25, 0.3) is 0 Å². The number of aliphatic hydroxyl groups is 1. The van der Waals surface area contributed by atoms with Crippen molar-refractivity contribution < 1.29 is 9.84 Å². The van der Waals surface area contributed by atoms with E-state index in [0.29, 0.717) is 6.54 Å². The summed E-state index contributed by atoms with van der Waals surface area (Å²) in [4.78, 5) is 0. The SMILES string of the molecule is COC1=CC([C@@]2(O)CCCCC2CN)=CCC=C1. The molecule has 2 rings (SSSR count). The van der Waals surface area contributed by atoms with Gasteiger partial charge in [0.2, 0.25) is 0 Å². The quantitative estimate of drug-likeness (QED) is 0.807. The minimum atomic E-state index is -0.775. The Hall–Kier alpha value is -1.06. The molecule has 0 bridgehead atoms. The standard InChI is InChI=1S/C15H23NO2/c1-18-14-8-3-2-6-12(10-14)15(17)9-5-4-7-13(15)11-16/h3,6,8,10,13,17H,2,4-5,7,9,11,16H2,1H3/t13?,15-/m0/s1. The fourth-order valence-electron chi connectivity index (χ4n) is 2.99. The highest BCUT2D eigenvalue weighted by molar-refractivity contribution is 5.37. The van der Waals surface area contributed by atoms with Crippen molar-refractivity contribution in [2.24, 2.45) is 11.7 Å². The third-order valence-corrected chi connectivity index (χ3v) is 4.11. The van der Waals surface area contributed by atoms with Gasteiger partial charge in [-0.1, -0.05) is 25.0 Å². The van der Waals surface area contributed by atoms with Crippen molar-refractivity contribution >= 4 is 0 Å². The summed E-state index contributed by atoms with van der Waals surface area (Å²) in [6.07, 6.45) is 12.9. The molecule has 0 heterocycles. The van der Waals surface area contributed by atoms with Gasteiger partial charge in [0.05, 0.1) is 12.7 Å². The predicted molar refractivity (Wildman–Crippen MR) is 72.9 cm³/mol. The summed E-state index contributed by atoms with van der Waals surface area (Å²) in [7, 11) is 1.66. The van der Waals surface area contributed by atoms with Gasteiger partial charge in [0, 0.05) is 5.92 Å². The van der Waals surface area contributed by atoms with Gasteiger partial charge >= 0.3 is 0 Å². The molecule has 3 nitrogen and oxygen atoms in total. The molecule has 0 aromatic heterocycles. The van der Waals surface area contributed by atoms with E-state index in [1.807, 2.05) is 18.2 Å². The van der Waals surface area contributed by atoms with Gasteiger partial charge in [0.15, 0.2) is 0 Å². The number of allylic oxidation sites excluding steroid dienone is 3. The highest BCUT2D eigenvalue weighted by atomic mass is 16.5. The van der Waals surface area contributed by atoms with Crippen LogP contribution < -0.4 is 5.73 Å². The van der Waals surface area contributed by atoms with Gasteiger partial charge in [0.1, 0.15) is 5.76 Å². The molecule has 2 atom stereocenters. The van der Waals surface area contributed by atoms with E-state index in [9.17, 15) is 5.11 Å². The molecule has 0 radical (unpaired) electrons. The molecule has 3 heteroatoms. The van der Waals surface area contributed by atoms with E-state index < -0.39 is 5.60 Å². The minimum Gasteiger partial charge on any atom is -0.497 e. The monoisotopic (exact) mass is 249 g/mol. The molecule has 100 valence electrons. The van der Waals surface area contributed by atoms with Crippen LogP contribution in [0.15, 0.2) is 35.6 Å². The van der Waals surface area contributed by atoms with Crippen LogP contribution in [0.3, 0.4) is 0 Å². The normalized spacial score (nSPS) is 32.5. The molecule has 18 heavy (non-hydrogen) atoms. The molecule has 0 amide bonds. The molecule has 1 fully saturated rings. The molecule has 3 N–H and O–H groups in total. The summed E-state index contributed by atoms with van der Waals surface area (Å²) < 4.78 is 5.30. The van der Waals surface area contributed by atoms with Crippen LogP contribution in [0.1, 0.15) is 32.1 Å². The Morgan fingerprint density at radius 2 is 2.33 bits per heavy atom. The first kappa shape index (κ1) is 13.4. The first-order valence-electron chi connectivity index (χ1n) is 6.76. The van der Waals surface area contributed by atoms with Crippen molar-refractivity contribution in [3.05, 3.63) is 35.6 Å². The van der Waals surface area contributed by atoms with Crippen LogP contribution in [0.25, 0.3) is 0 Å². The first-order chi connectivity index (χ1) is 8.70. The largest absolute Gasteiger partial charge is 0.497 e. The van der Waals surface area contributed by atoms with Crippen molar-refractivity contribution in [2.75, 3.05) is 13.7 Å². The van der Waals surface area contributed by atoms with Crippen LogP contribution in [0.2, 0.25) is 0 Å². The third-order valence-electron chi connectivity index (χ3n) is 4.11. The lowest BCUT2D eigenvalue weighted by Gasteiger charge is -2.40. The second-order valence-electron chi connectivity index (χ2n) is 5.15. The fourth-order valence-corrected chi connectivity index (χ4v) is 2.99. The van der Waals surface area contributed by atoms with Crippen LogP contribution >= 0.6 is 0 Å². The number of hydrogen-bond donors (Lipinski definition) is 2. The van der Waals surface area contributed by atoms with Gasteiger partial charge in [-0.25, -0.2) is 0 Å². The Bertz CT molecular complexity index is 384. The second-order valence-corrected chi connectivity index (χ2v) is 5.15. The number of hydrogen-bond acceptors (Lipinski definition) is 3. The van der Waals surface area contributed by atoms with Crippen molar-refractivity contribution in [2.45, 2.75) is 37.7 Å². The molecule has 0 spiro atoms. The summed E-state index contributed by atoms with van der Waals surface area (Å²) >= 11 is 0. The molecule has 2 aliphatic rings. The maximum absolute atomic E-state index is 11.0. The summed E-state index contributed by atoms with van der Waals surface area (Å²) in [5.41, 5.74) is 6.03. The lowest BCUT2D eigenvalue weighted by molar-refractivity contribution is -0.00883. The predicted octanol–water partition coefficient (Wildman–Crippen LogP) is 2.28. The smallest absolute Gasteiger partial charge is 0.118 e. The van der Waals surface area contributed by atoms with E-state index in [1.165, 1.54) is 0 Å². The summed E-state index contributed by atoms with van der Waals surface area (Å²) in [6, 6.07) is 0. The van der Waals surface area contributed by atoms with E-state index in [2.05, 4.69) is 6.08 Å². The number of rotatable bonds is 3. The molecule has 2 aliphatic carbocycles. The first-order valence-corrected chi connectivity index (χ1v) is 6.76. The van der Waals surface area contributed by atoms with Gasteiger partial charge in [-0.2, -0.15) is 0 Å². The Kier molecular flexibility index (Phi) is 4.25. The van der Waals surface area contributed by atoms with Gasteiger partial charge in [-0.3, -0.25) is 0 Å². The van der Waals surface area contributed by atoms with Gasteiger partial charge in [-0.15, -0.1) is 0 Å². The zero-order valence-corrected chi connectivity index (χ0v) is 11.1. The molecule has 0 aromatic rings. The molecule has 0 aliphatic heterocycles. The van der Waals surface area contributed by atoms with Crippen molar-refractivity contribution in [1.82, 2.24) is 0 Å². The lowest BCUT2D eigenvalue weighted by Crippen LogP contribution is -2.45. The number of nitrogens with two attached hydrogens (primary N) is 1. The van der Waals surface area contributed by atoms with E-state index in [4.69, 9.17) is 10.5 Å². The van der Waals surface area contributed by atoms with Gasteiger partial charge < -0.3 is 15.6 Å². The van der Waals surface area contributed by atoms with E-state index in [0.717, 1.165) is 43.4 Å². The lowest BCUT2D eigenvalue weighted by atomic mass is 9.71.